The van der Waals surface area contributed by atoms with Crippen molar-refractivity contribution in [2.24, 2.45) is 0 Å². The number of benzene rings is 1. The Morgan fingerprint density at radius 1 is 1.30 bits per heavy atom. The summed E-state index contributed by atoms with van der Waals surface area (Å²) in [5.41, 5.74) is 0.0985. The van der Waals surface area contributed by atoms with Gasteiger partial charge in [0.15, 0.2) is 0 Å². The molecule has 0 aliphatic heterocycles. The Balaban J connectivity index is 3.00. The monoisotopic (exact) mass is 139 g/mol. The standard InChI is InChI=1S/C7H5FO2/c8-6-3-1-5(2-4-6)7(9)10/h1-4H,(H,9,10)/i8-1. The molecule has 0 atom stereocenters. The van der Waals surface area contributed by atoms with Gasteiger partial charge in [0.05, 0.1) is 5.56 Å². The first kappa shape index (κ1) is 6.74. The van der Waals surface area contributed by atoms with Crippen molar-refractivity contribution < 1.29 is 14.3 Å². The van der Waals surface area contributed by atoms with Crippen molar-refractivity contribution >= 4 is 5.97 Å². The molecule has 0 spiro atoms. The van der Waals surface area contributed by atoms with Gasteiger partial charge in [-0.15, -0.1) is 0 Å². The average Bonchev–Trinajstić information content (AvgIpc) is 1.88. The van der Waals surface area contributed by atoms with Crippen molar-refractivity contribution in [3.8, 4) is 0 Å². The predicted octanol–water partition coefficient (Wildman–Crippen LogP) is 1.52. The van der Waals surface area contributed by atoms with E-state index in [-0.39, 0.29) is 5.56 Å². The van der Waals surface area contributed by atoms with Gasteiger partial charge in [0.25, 0.3) is 0 Å². The maximum atomic E-state index is 12.2. The topological polar surface area (TPSA) is 37.3 Å². The quantitative estimate of drug-likeness (QED) is 0.640. The summed E-state index contributed by atoms with van der Waals surface area (Å²) < 4.78 is 12.2. The third kappa shape index (κ3) is 1.31. The fourth-order valence-electron chi connectivity index (χ4n) is 0.592. The van der Waals surface area contributed by atoms with Gasteiger partial charge < -0.3 is 5.11 Å². The fourth-order valence-corrected chi connectivity index (χ4v) is 0.592. The number of hydrogen-bond acceptors (Lipinski definition) is 1. The highest BCUT2D eigenvalue weighted by molar-refractivity contribution is 5.87. The van der Waals surface area contributed by atoms with Crippen molar-refractivity contribution in [2.45, 2.75) is 0 Å². The van der Waals surface area contributed by atoms with Gasteiger partial charge in [-0.2, -0.15) is 0 Å². The normalized spacial score (nSPS) is 9.30. The summed E-state index contributed by atoms with van der Waals surface area (Å²) in [4.78, 5) is 10.2. The second kappa shape index (κ2) is 2.47. The summed E-state index contributed by atoms with van der Waals surface area (Å²) in [6, 6.07) is 4.67. The summed E-state index contributed by atoms with van der Waals surface area (Å²) in [7, 11) is 0. The third-order valence-corrected chi connectivity index (χ3v) is 1.09. The van der Waals surface area contributed by atoms with Crippen LogP contribution in [-0.2, 0) is 0 Å². The zero-order valence-corrected chi connectivity index (χ0v) is 5.04. The Morgan fingerprint density at radius 3 is 2.20 bits per heavy atom. The van der Waals surface area contributed by atoms with Gasteiger partial charge >= 0.3 is 5.97 Å². The van der Waals surface area contributed by atoms with Crippen LogP contribution in [0.4, 0.5) is 4.39 Å². The van der Waals surface area contributed by atoms with Crippen LogP contribution in [0.1, 0.15) is 10.4 Å². The lowest BCUT2D eigenvalue weighted by molar-refractivity contribution is 0.0697. The second-order valence-electron chi connectivity index (χ2n) is 1.81. The van der Waals surface area contributed by atoms with Crippen LogP contribution in [0.2, 0.25) is 0 Å². The van der Waals surface area contributed by atoms with E-state index in [0.717, 1.165) is 12.1 Å². The number of carboxylic acids is 1. The van der Waals surface area contributed by atoms with Crippen molar-refractivity contribution in [3.05, 3.63) is 35.6 Å². The highest BCUT2D eigenvalue weighted by Gasteiger charge is 1.99. The lowest BCUT2D eigenvalue weighted by Crippen LogP contribution is -1.94. The minimum atomic E-state index is -1.04. The third-order valence-electron chi connectivity index (χ3n) is 1.09. The minimum absolute atomic E-state index is 0.0985. The molecule has 0 bridgehead atoms. The van der Waals surface area contributed by atoms with Crippen LogP contribution in [0.25, 0.3) is 0 Å². The van der Waals surface area contributed by atoms with Crippen LogP contribution in [0.3, 0.4) is 0 Å². The molecule has 52 valence electrons. The van der Waals surface area contributed by atoms with Crippen molar-refractivity contribution in [2.75, 3.05) is 0 Å². The van der Waals surface area contributed by atoms with Crippen molar-refractivity contribution in [3.63, 3.8) is 0 Å². The number of carboxylic acid groups (broad SMARTS) is 1. The molecule has 0 amide bonds. The molecule has 1 rings (SSSR count). The van der Waals surface area contributed by atoms with E-state index in [4.69, 9.17) is 5.11 Å². The summed E-state index contributed by atoms with van der Waals surface area (Å²) in [6.07, 6.45) is 0. The molecule has 0 fully saturated rings. The van der Waals surface area contributed by atoms with Gasteiger partial charge in [-0.05, 0) is 24.3 Å². The molecule has 3 heteroatoms. The molecular weight excluding hydrogens is 134 g/mol. The summed E-state index contributed by atoms with van der Waals surface area (Å²) in [5, 5.41) is 8.35. The molecule has 0 radical (unpaired) electrons. The number of carbonyl (C=O) groups is 1. The maximum Gasteiger partial charge on any atom is 0.335 e. The molecule has 1 N–H and O–H groups in total. The van der Waals surface area contributed by atoms with E-state index < -0.39 is 11.8 Å². The molecule has 1 aromatic carbocycles. The van der Waals surface area contributed by atoms with Crippen LogP contribution in [-0.4, -0.2) is 11.1 Å². The van der Waals surface area contributed by atoms with E-state index in [2.05, 4.69) is 0 Å². The van der Waals surface area contributed by atoms with Gasteiger partial charge in [-0.3, -0.25) is 0 Å². The summed E-state index contributed by atoms with van der Waals surface area (Å²) in [5.74, 6) is -1.47. The highest BCUT2D eigenvalue weighted by Crippen LogP contribution is 2.01. The maximum absolute atomic E-state index is 12.2. The molecule has 0 aliphatic rings. The van der Waals surface area contributed by atoms with E-state index >= 15 is 0 Å². The minimum Gasteiger partial charge on any atom is -0.478 e. The molecule has 0 saturated heterocycles. The first-order valence-electron chi connectivity index (χ1n) is 2.69. The SMILES string of the molecule is O=C(O)c1ccc([18F])cc1. The molecule has 0 heterocycles. The van der Waals surface area contributed by atoms with Crippen LogP contribution < -0.4 is 0 Å². The molecule has 0 unspecified atom stereocenters. The van der Waals surface area contributed by atoms with Crippen molar-refractivity contribution in [1.82, 2.24) is 0 Å². The number of hydrogen-bond donors (Lipinski definition) is 1. The first-order chi connectivity index (χ1) is 4.70. The van der Waals surface area contributed by atoms with Gasteiger partial charge in [-0.25, -0.2) is 9.18 Å². The summed E-state index contributed by atoms with van der Waals surface area (Å²) >= 11 is 0. The van der Waals surface area contributed by atoms with E-state index in [9.17, 15) is 9.18 Å². The van der Waals surface area contributed by atoms with E-state index in [1.54, 1.807) is 0 Å². The Kier molecular flexibility index (Phi) is 1.67. The van der Waals surface area contributed by atoms with E-state index in [1.165, 1.54) is 12.1 Å². The lowest BCUT2D eigenvalue weighted by Gasteiger charge is -1.90. The zero-order chi connectivity index (χ0) is 7.56. The molecule has 2 nitrogen and oxygen atoms in total. The van der Waals surface area contributed by atoms with Crippen LogP contribution in [0, 0.1) is 5.82 Å². The number of halogens is 1. The van der Waals surface area contributed by atoms with Crippen LogP contribution in [0.5, 0.6) is 0 Å². The van der Waals surface area contributed by atoms with Gasteiger partial charge in [0.1, 0.15) is 5.82 Å². The van der Waals surface area contributed by atoms with Crippen molar-refractivity contribution in [1.29, 1.82) is 0 Å². The van der Waals surface area contributed by atoms with Crippen LogP contribution >= 0.6 is 0 Å². The van der Waals surface area contributed by atoms with Gasteiger partial charge in [0, 0.05) is 0 Å². The molecule has 0 aromatic heterocycles. The molecule has 10 heavy (non-hydrogen) atoms. The lowest BCUT2D eigenvalue weighted by atomic mass is 10.2. The Morgan fingerprint density at radius 2 is 1.80 bits per heavy atom. The van der Waals surface area contributed by atoms with Crippen LogP contribution in [0.15, 0.2) is 24.3 Å². The highest BCUT2D eigenvalue weighted by atomic mass is 18.2. The Hall–Kier alpha value is -1.38. The van der Waals surface area contributed by atoms with E-state index in [1.807, 2.05) is 0 Å². The second-order valence-corrected chi connectivity index (χ2v) is 1.81. The average molecular weight is 139 g/mol. The largest absolute Gasteiger partial charge is 0.478 e. The fraction of sp³-hybridized carbons (Fsp3) is 0. The van der Waals surface area contributed by atoms with Gasteiger partial charge in [-0.1, -0.05) is 0 Å². The Bertz CT molecular complexity index is 240. The zero-order valence-electron chi connectivity index (χ0n) is 5.04. The molecule has 1 aromatic rings. The van der Waals surface area contributed by atoms with E-state index in [0.29, 0.717) is 0 Å². The predicted molar refractivity (Wildman–Crippen MR) is 33.4 cm³/mol. The molecule has 0 aliphatic carbocycles. The molecular formula is C7H5FO2. The Labute approximate surface area is 56.9 Å². The first-order valence-corrected chi connectivity index (χ1v) is 2.69. The number of rotatable bonds is 1. The molecule has 0 saturated carbocycles. The van der Waals surface area contributed by atoms with Gasteiger partial charge in [0.2, 0.25) is 0 Å². The number of aromatic carboxylic acids is 1. The summed E-state index contributed by atoms with van der Waals surface area (Å²) in [6.45, 7) is 0. The smallest absolute Gasteiger partial charge is 0.335 e.